The van der Waals surface area contributed by atoms with Gasteiger partial charge in [0.25, 0.3) is 0 Å². The van der Waals surface area contributed by atoms with Crippen molar-refractivity contribution in [3.63, 3.8) is 0 Å². The molecular formula is C13H19FN2O2S2. The van der Waals surface area contributed by atoms with Crippen LogP contribution in [-0.2, 0) is 16.6 Å². The second-order valence-electron chi connectivity index (χ2n) is 5.03. The molecule has 0 saturated heterocycles. The van der Waals surface area contributed by atoms with E-state index >= 15 is 0 Å². The maximum atomic E-state index is 13.9. The van der Waals surface area contributed by atoms with Crippen LogP contribution in [-0.4, -0.2) is 26.0 Å². The number of sulfonamides is 1. The maximum absolute atomic E-state index is 13.9. The number of halogens is 1. The molecule has 0 aromatic heterocycles. The molecule has 112 valence electrons. The van der Waals surface area contributed by atoms with Crippen LogP contribution in [0.5, 0.6) is 0 Å². The summed E-state index contributed by atoms with van der Waals surface area (Å²) in [5, 5.41) is 0. The lowest BCUT2D eigenvalue weighted by Gasteiger charge is -2.40. The van der Waals surface area contributed by atoms with Crippen LogP contribution in [0.4, 0.5) is 4.39 Å². The van der Waals surface area contributed by atoms with E-state index in [1.807, 2.05) is 6.26 Å². The Labute approximate surface area is 123 Å². The summed E-state index contributed by atoms with van der Waals surface area (Å²) in [5.41, 5.74) is 5.97. The highest BCUT2D eigenvalue weighted by atomic mass is 32.2. The van der Waals surface area contributed by atoms with Gasteiger partial charge in [-0.2, -0.15) is 11.8 Å². The summed E-state index contributed by atoms with van der Waals surface area (Å²) in [6.07, 6.45) is 5.07. The van der Waals surface area contributed by atoms with Crippen LogP contribution in [0, 0.1) is 5.82 Å². The van der Waals surface area contributed by atoms with Gasteiger partial charge in [-0.25, -0.2) is 17.5 Å². The monoisotopic (exact) mass is 318 g/mol. The Kier molecular flexibility index (Phi) is 4.73. The van der Waals surface area contributed by atoms with E-state index in [2.05, 4.69) is 4.72 Å². The number of hydrogen-bond donors (Lipinski definition) is 2. The van der Waals surface area contributed by atoms with Gasteiger partial charge in [0, 0.05) is 17.8 Å². The van der Waals surface area contributed by atoms with Gasteiger partial charge in [-0.05, 0) is 36.8 Å². The third-order valence-electron chi connectivity index (χ3n) is 3.80. The lowest BCUT2D eigenvalue weighted by atomic mass is 9.84. The van der Waals surface area contributed by atoms with Gasteiger partial charge in [-0.3, -0.25) is 0 Å². The molecule has 1 fully saturated rings. The molecule has 3 N–H and O–H groups in total. The second kappa shape index (κ2) is 6.01. The molecule has 0 radical (unpaired) electrons. The molecule has 1 saturated carbocycles. The van der Waals surface area contributed by atoms with E-state index < -0.39 is 15.8 Å². The Morgan fingerprint density at radius 2 is 2.15 bits per heavy atom. The number of thioether (sulfide) groups is 1. The molecule has 2 rings (SSSR count). The van der Waals surface area contributed by atoms with Crippen LogP contribution >= 0.6 is 11.8 Å². The standard InChI is InChI=1S/C13H19FN2O2S2/c1-19-13(5-2-6-13)9-16-20(17,18)12-4-3-10(8-15)7-11(12)14/h3-4,7,16H,2,5-6,8-9,15H2,1H3. The summed E-state index contributed by atoms with van der Waals surface area (Å²) in [4.78, 5) is -0.315. The lowest BCUT2D eigenvalue weighted by molar-refractivity contribution is 0.361. The number of rotatable bonds is 6. The van der Waals surface area contributed by atoms with Crippen molar-refractivity contribution in [2.75, 3.05) is 12.8 Å². The Morgan fingerprint density at radius 1 is 1.45 bits per heavy atom. The van der Waals surface area contributed by atoms with Gasteiger partial charge in [0.15, 0.2) is 0 Å². The third-order valence-corrected chi connectivity index (χ3v) is 6.66. The highest BCUT2D eigenvalue weighted by Gasteiger charge is 2.37. The Morgan fingerprint density at radius 3 is 2.60 bits per heavy atom. The molecule has 0 bridgehead atoms. The zero-order valence-electron chi connectivity index (χ0n) is 11.4. The summed E-state index contributed by atoms with van der Waals surface area (Å²) < 4.78 is 40.7. The van der Waals surface area contributed by atoms with Crippen molar-refractivity contribution in [3.8, 4) is 0 Å². The van der Waals surface area contributed by atoms with E-state index in [1.54, 1.807) is 11.8 Å². The average molecular weight is 318 g/mol. The van der Waals surface area contributed by atoms with E-state index in [0.717, 1.165) is 19.3 Å². The topological polar surface area (TPSA) is 72.2 Å². The van der Waals surface area contributed by atoms with Gasteiger partial charge in [-0.1, -0.05) is 12.5 Å². The van der Waals surface area contributed by atoms with Gasteiger partial charge in [0.05, 0.1) is 0 Å². The van der Waals surface area contributed by atoms with Crippen molar-refractivity contribution in [3.05, 3.63) is 29.6 Å². The number of nitrogens with two attached hydrogens (primary N) is 1. The predicted molar refractivity (Wildman–Crippen MR) is 79.6 cm³/mol. The van der Waals surface area contributed by atoms with Crippen molar-refractivity contribution in [1.82, 2.24) is 4.72 Å². The largest absolute Gasteiger partial charge is 0.326 e. The van der Waals surface area contributed by atoms with Gasteiger partial charge in [0.1, 0.15) is 10.7 Å². The minimum Gasteiger partial charge on any atom is -0.326 e. The van der Waals surface area contributed by atoms with Gasteiger partial charge in [0.2, 0.25) is 10.0 Å². The van der Waals surface area contributed by atoms with Crippen LogP contribution in [0.15, 0.2) is 23.1 Å². The maximum Gasteiger partial charge on any atom is 0.243 e. The SMILES string of the molecule is CSC1(CNS(=O)(=O)c2ccc(CN)cc2F)CCC1. The molecule has 1 aliphatic rings. The minimum absolute atomic E-state index is 0.0270. The molecule has 0 unspecified atom stereocenters. The molecule has 7 heteroatoms. The molecule has 0 spiro atoms. The van der Waals surface area contributed by atoms with Crippen molar-refractivity contribution in [2.45, 2.75) is 35.4 Å². The van der Waals surface area contributed by atoms with Crippen LogP contribution < -0.4 is 10.5 Å². The molecular weight excluding hydrogens is 299 g/mol. The first kappa shape index (κ1) is 15.8. The van der Waals surface area contributed by atoms with Crippen molar-refractivity contribution in [2.24, 2.45) is 5.73 Å². The van der Waals surface area contributed by atoms with Crippen molar-refractivity contribution in [1.29, 1.82) is 0 Å². The smallest absolute Gasteiger partial charge is 0.243 e. The quantitative estimate of drug-likeness (QED) is 0.839. The molecule has 0 aliphatic heterocycles. The second-order valence-corrected chi connectivity index (χ2v) is 8.04. The van der Waals surface area contributed by atoms with Crippen molar-refractivity contribution >= 4 is 21.8 Å². The fourth-order valence-electron chi connectivity index (χ4n) is 2.22. The number of hydrogen-bond acceptors (Lipinski definition) is 4. The Balaban J connectivity index is 2.14. The zero-order valence-corrected chi connectivity index (χ0v) is 13.0. The molecule has 0 amide bonds. The molecule has 0 atom stereocenters. The third kappa shape index (κ3) is 3.16. The summed E-state index contributed by atoms with van der Waals surface area (Å²) in [7, 11) is -3.81. The van der Waals surface area contributed by atoms with E-state index in [1.165, 1.54) is 18.2 Å². The number of benzene rings is 1. The van der Waals surface area contributed by atoms with Crippen LogP contribution in [0.2, 0.25) is 0 Å². The highest BCUT2D eigenvalue weighted by Crippen LogP contribution is 2.42. The van der Waals surface area contributed by atoms with E-state index in [4.69, 9.17) is 5.73 Å². The van der Waals surface area contributed by atoms with E-state index in [9.17, 15) is 12.8 Å². The summed E-state index contributed by atoms with van der Waals surface area (Å²) >= 11 is 1.67. The van der Waals surface area contributed by atoms with Gasteiger partial charge >= 0.3 is 0 Å². The van der Waals surface area contributed by atoms with E-state index in [-0.39, 0.29) is 16.2 Å². The van der Waals surface area contributed by atoms with Crippen LogP contribution in [0.1, 0.15) is 24.8 Å². The van der Waals surface area contributed by atoms with E-state index in [0.29, 0.717) is 12.1 Å². The highest BCUT2D eigenvalue weighted by molar-refractivity contribution is 8.00. The molecule has 1 aromatic carbocycles. The van der Waals surface area contributed by atoms with Gasteiger partial charge < -0.3 is 5.73 Å². The summed E-state index contributed by atoms with van der Waals surface area (Å²) in [6.45, 7) is 0.523. The van der Waals surface area contributed by atoms with Gasteiger partial charge in [-0.15, -0.1) is 0 Å². The first-order valence-corrected chi connectivity index (χ1v) is 9.16. The Hall–Kier alpha value is -0.630. The van der Waals surface area contributed by atoms with Crippen LogP contribution in [0.3, 0.4) is 0 Å². The molecule has 20 heavy (non-hydrogen) atoms. The molecule has 1 aromatic rings. The molecule has 4 nitrogen and oxygen atoms in total. The fourth-order valence-corrected chi connectivity index (χ4v) is 4.41. The summed E-state index contributed by atoms with van der Waals surface area (Å²) in [5.74, 6) is -0.757. The molecule has 1 aliphatic carbocycles. The Bertz CT molecular complexity index is 581. The lowest BCUT2D eigenvalue weighted by Crippen LogP contribution is -2.45. The van der Waals surface area contributed by atoms with Crippen molar-refractivity contribution < 1.29 is 12.8 Å². The summed E-state index contributed by atoms with van der Waals surface area (Å²) in [6, 6.07) is 3.97. The first-order chi connectivity index (χ1) is 9.42. The zero-order chi connectivity index (χ0) is 14.8. The number of nitrogens with one attached hydrogen (secondary N) is 1. The minimum atomic E-state index is -3.81. The molecule has 0 heterocycles. The average Bonchev–Trinajstić information content (AvgIpc) is 2.37. The normalized spacial score (nSPS) is 17.8. The predicted octanol–water partition coefficient (Wildman–Crippen LogP) is 1.85. The fraction of sp³-hybridized carbons (Fsp3) is 0.538. The van der Waals surface area contributed by atoms with Crippen LogP contribution in [0.25, 0.3) is 0 Å². The first-order valence-electron chi connectivity index (χ1n) is 6.46.